The number of benzene rings is 3. The topological polar surface area (TPSA) is 67.4 Å². The van der Waals surface area contributed by atoms with Crippen LogP contribution in [0.3, 0.4) is 0 Å². The number of hydrogen-bond donors (Lipinski definition) is 2. The highest BCUT2D eigenvalue weighted by Gasteiger charge is 2.44. The number of nitrogens with one attached hydrogen (secondary N) is 2. The summed E-state index contributed by atoms with van der Waals surface area (Å²) in [5.74, 6) is 0. The minimum Gasteiger partial charge on any atom is -0.593 e. The van der Waals surface area contributed by atoms with E-state index in [0.29, 0.717) is 23.7 Å². The molecule has 2 aliphatic heterocycles. The van der Waals surface area contributed by atoms with Crippen LogP contribution < -0.4 is 10.0 Å². The molecule has 150 valence electrons. The van der Waals surface area contributed by atoms with Crippen LogP contribution in [-0.4, -0.2) is 34.6 Å². The fraction of sp³-hybridized carbons (Fsp3) is 0.304. The quantitative estimate of drug-likeness (QED) is 0.634. The Morgan fingerprint density at radius 3 is 2.76 bits per heavy atom. The van der Waals surface area contributed by atoms with E-state index in [1.807, 2.05) is 12.1 Å². The Hall–Kier alpha value is -2.25. The summed E-state index contributed by atoms with van der Waals surface area (Å²) in [6, 6.07) is 22.0. The molecule has 3 aromatic rings. The standard InChI is InChI=1S/C23H25N3O2S/c27-29(28)22-12-4-3-11-21(22)24-16-23(25-29)13-6-14-26(17-23)15-19-9-5-8-18-7-1-2-10-20(18)19/h1-5,7-12,24H,6,13-17H2,(H-,25,27,28). The van der Waals surface area contributed by atoms with Crippen LogP contribution in [0.1, 0.15) is 18.4 Å². The molecule has 2 unspecified atom stereocenters. The van der Waals surface area contributed by atoms with Crippen molar-refractivity contribution in [2.75, 3.05) is 25.0 Å². The third-order valence-corrected chi connectivity index (χ3v) is 7.71. The van der Waals surface area contributed by atoms with Gasteiger partial charge in [-0.2, -0.15) is 0 Å². The van der Waals surface area contributed by atoms with Crippen molar-refractivity contribution in [2.45, 2.75) is 29.8 Å². The molecule has 6 heteroatoms. The van der Waals surface area contributed by atoms with E-state index in [1.54, 1.807) is 12.1 Å². The summed E-state index contributed by atoms with van der Waals surface area (Å²) in [4.78, 5) is 2.72. The smallest absolute Gasteiger partial charge is 0.198 e. The minimum absolute atomic E-state index is 0.336. The van der Waals surface area contributed by atoms with Gasteiger partial charge >= 0.3 is 0 Å². The lowest BCUT2D eigenvalue weighted by Gasteiger charge is -2.42. The van der Waals surface area contributed by atoms with Gasteiger partial charge in [0.05, 0.1) is 11.2 Å². The lowest BCUT2D eigenvalue weighted by atomic mass is 9.89. The van der Waals surface area contributed by atoms with E-state index in [2.05, 4.69) is 57.4 Å². The number of rotatable bonds is 2. The molecule has 0 saturated carbocycles. The van der Waals surface area contributed by atoms with Crippen LogP contribution >= 0.6 is 0 Å². The van der Waals surface area contributed by atoms with E-state index in [1.165, 1.54) is 16.3 Å². The highest BCUT2D eigenvalue weighted by molar-refractivity contribution is 7.96. The maximum Gasteiger partial charge on any atom is 0.198 e. The summed E-state index contributed by atoms with van der Waals surface area (Å²) in [5.41, 5.74) is 1.47. The SMILES string of the molecule is O=[S+]1([O-])NC2(CCCN(Cc3cccc4ccccc34)C2)CNc2ccccc21. The number of anilines is 1. The average Bonchev–Trinajstić information content (AvgIpc) is 2.83. The van der Waals surface area contributed by atoms with Crippen molar-refractivity contribution >= 4 is 26.9 Å². The van der Waals surface area contributed by atoms with Gasteiger partial charge in [-0.05, 0) is 47.9 Å². The summed E-state index contributed by atoms with van der Waals surface area (Å²) in [5, 5.41) is 5.89. The number of para-hydroxylation sites is 1. The minimum atomic E-state index is -3.56. The maximum absolute atomic E-state index is 13.0. The second-order valence-electron chi connectivity index (χ2n) is 8.19. The normalized spacial score (nSPS) is 27.3. The van der Waals surface area contributed by atoms with Crippen molar-refractivity contribution in [3.8, 4) is 0 Å². The van der Waals surface area contributed by atoms with Crippen LogP contribution in [0.5, 0.6) is 0 Å². The van der Waals surface area contributed by atoms with E-state index in [9.17, 15) is 8.76 Å². The van der Waals surface area contributed by atoms with Crippen LogP contribution in [0.4, 0.5) is 5.69 Å². The van der Waals surface area contributed by atoms with Crippen LogP contribution in [-0.2, 0) is 21.2 Å². The van der Waals surface area contributed by atoms with Crippen LogP contribution in [0.25, 0.3) is 10.8 Å². The number of likely N-dealkylation sites (tertiary alicyclic amines) is 1. The first-order chi connectivity index (χ1) is 14.0. The Kier molecular flexibility index (Phi) is 4.67. The first-order valence-corrected chi connectivity index (χ1v) is 11.6. The van der Waals surface area contributed by atoms with Crippen molar-refractivity contribution in [2.24, 2.45) is 0 Å². The highest BCUT2D eigenvalue weighted by atomic mass is 32.3. The van der Waals surface area contributed by atoms with Crippen molar-refractivity contribution in [3.05, 3.63) is 72.3 Å². The van der Waals surface area contributed by atoms with E-state index < -0.39 is 15.9 Å². The Balaban J connectivity index is 1.41. The number of hydrogen-bond acceptors (Lipinski definition) is 4. The molecule has 0 amide bonds. The van der Waals surface area contributed by atoms with Gasteiger partial charge in [0, 0.05) is 19.6 Å². The molecule has 1 spiro atoms. The van der Waals surface area contributed by atoms with E-state index in [-0.39, 0.29) is 0 Å². The summed E-state index contributed by atoms with van der Waals surface area (Å²) in [7, 11) is -3.56. The van der Waals surface area contributed by atoms with Crippen LogP contribution in [0.15, 0.2) is 71.6 Å². The third-order valence-electron chi connectivity index (χ3n) is 6.07. The zero-order chi connectivity index (χ0) is 19.9. The van der Waals surface area contributed by atoms with E-state index in [4.69, 9.17) is 0 Å². The molecule has 5 rings (SSSR count). The van der Waals surface area contributed by atoms with Crippen molar-refractivity contribution in [1.82, 2.24) is 9.62 Å². The Morgan fingerprint density at radius 2 is 1.83 bits per heavy atom. The second kappa shape index (κ2) is 7.22. The number of nitrogens with zero attached hydrogens (tertiary/aromatic N) is 1. The summed E-state index contributed by atoms with van der Waals surface area (Å²) in [6.07, 6.45) is 1.80. The van der Waals surface area contributed by atoms with Crippen LogP contribution in [0, 0.1) is 0 Å². The largest absolute Gasteiger partial charge is 0.593 e. The summed E-state index contributed by atoms with van der Waals surface area (Å²) >= 11 is 0. The van der Waals surface area contributed by atoms with E-state index in [0.717, 1.165) is 25.9 Å². The van der Waals surface area contributed by atoms with Crippen molar-refractivity contribution < 1.29 is 8.76 Å². The average molecular weight is 408 g/mol. The Bertz CT molecular complexity index is 1100. The summed E-state index contributed by atoms with van der Waals surface area (Å²) < 4.78 is 29.1. The first-order valence-electron chi connectivity index (χ1n) is 10.1. The predicted molar refractivity (Wildman–Crippen MR) is 116 cm³/mol. The fourth-order valence-electron chi connectivity index (χ4n) is 4.75. The van der Waals surface area contributed by atoms with Gasteiger partial charge in [-0.15, -0.1) is 4.72 Å². The van der Waals surface area contributed by atoms with Gasteiger partial charge < -0.3 is 9.87 Å². The molecule has 5 nitrogen and oxygen atoms in total. The van der Waals surface area contributed by atoms with Gasteiger partial charge in [0.1, 0.15) is 0 Å². The molecule has 2 atom stereocenters. The van der Waals surface area contributed by atoms with E-state index >= 15 is 0 Å². The fourth-order valence-corrected chi connectivity index (χ4v) is 6.35. The number of sulfonamides is 1. The number of fused-ring (bicyclic) bond motifs is 2. The molecule has 0 radical (unpaired) electrons. The molecule has 0 bridgehead atoms. The molecule has 2 heterocycles. The molecular formula is C23H25N3O2S. The lowest BCUT2D eigenvalue weighted by Crippen LogP contribution is -2.62. The monoisotopic (exact) mass is 407 g/mol. The van der Waals surface area contributed by atoms with Gasteiger partial charge in [0.2, 0.25) is 0 Å². The van der Waals surface area contributed by atoms with Gasteiger partial charge in [-0.25, -0.2) is 0 Å². The van der Waals surface area contributed by atoms with Gasteiger partial charge in [-0.1, -0.05) is 58.8 Å². The maximum atomic E-state index is 13.0. The highest BCUT2D eigenvalue weighted by Crippen LogP contribution is 2.34. The van der Waals surface area contributed by atoms with Gasteiger partial charge in [-0.3, -0.25) is 4.90 Å². The van der Waals surface area contributed by atoms with Crippen LogP contribution in [0.2, 0.25) is 0 Å². The second-order valence-corrected chi connectivity index (χ2v) is 9.84. The zero-order valence-corrected chi connectivity index (χ0v) is 17.1. The lowest BCUT2D eigenvalue weighted by molar-refractivity contribution is 0.138. The third kappa shape index (κ3) is 3.57. The summed E-state index contributed by atoms with van der Waals surface area (Å²) in [6.45, 7) is 3.07. The molecule has 0 aliphatic carbocycles. The Morgan fingerprint density at radius 1 is 1.03 bits per heavy atom. The van der Waals surface area contributed by atoms with Gasteiger partial charge in [0.15, 0.2) is 15.3 Å². The molecule has 2 aliphatic rings. The molecule has 2 N–H and O–H groups in total. The number of piperidine rings is 1. The first kappa shape index (κ1) is 18.8. The Labute approximate surface area is 172 Å². The molecule has 1 saturated heterocycles. The molecule has 3 aromatic carbocycles. The zero-order valence-electron chi connectivity index (χ0n) is 16.3. The molecular weight excluding hydrogens is 382 g/mol. The van der Waals surface area contributed by atoms with Crippen molar-refractivity contribution in [3.63, 3.8) is 0 Å². The molecule has 29 heavy (non-hydrogen) atoms. The molecule has 1 fully saturated rings. The van der Waals surface area contributed by atoms with Gasteiger partial charge in [0.25, 0.3) is 0 Å². The predicted octanol–water partition coefficient (Wildman–Crippen LogP) is 3.79. The van der Waals surface area contributed by atoms with Crippen molar-refractivity contribution in [1.29, 1.82) is 0 Å². The molecule has 0 aromatic heterocycles.